The second-order valence-electron chi connectivity index (χ2n) is 9.66. The normalized spacial score (nSPS) is 14.4. The summed E-state index contributed by atoms with van der Waals surface area (Å²) in [6, 6.07) is -4.11. The molecule has 0 radical (unpaired) electrons. The van der Waals surface area contributed by atoms with Crippen molar-refractivity contribution in [3.8, 4) is 0 Å². The second kappa shape index (κ2) is 15.4. The number of aromatic amines is 1. The number of amides is 3. The van der Waals surface area contributed by atoms with Gasteiger partial charge in [-0.2, -0.15) is 0 Å². The number of carboxylic acids is 1. The molecule has 11 N–H and O–H groups in total. The number of H-pyrrole nitrogens is 1. The summed E-state index contributed by atoms with van der Waals surface area (Å²) in [6.45, 7) is 7.48. The van der Waals surface area contributed by atoms with Crippen LogP contribution in [0, 0.1) is 11.8 Å². The third-order valence-electron chi connectivity index (χ3n) is 5.48. The predicted molar refractivity (Wildman–Crippen MR) is 138 cm³/mol. The van der Waals surface area contributed by atoms with Crippen LogP contribution in [0.15, 0.2) is 17.5 Å². The average molecular weight is 524 g/mol. The first-order valence-electron chi connectivity index (χ1n) is 12.2. The number of nitrogens with one attached hydrogen (secondary N) is 4. The largest absolute Gasteiger partial charge is 0.480 e. The highest BCUT2D eigenvalue weighted by Crippen LogP contribution is 2.08. The molecule has 4 atom stereocenters. The number of hydrogen-bond acceptors (Lipinski definition) is 7. The Morgan fingerprint density at radius 2 is 1.68 bits per heavy atom. The maximum atomic E-state index is 13.2. The maximum Gasteiger partial charge on any atom is 0.326 e. The average Bonchev–Trinajstić information content (AvgIpc) is 3.30. The molecule has 0 saturated heterocycles. The van der Waals surface area contributed by atoms with Crippen molar-refractivity contribution in [3.05, 3.63) is 18.2 Å². The Kier molecular flexibility index (Phi) is 13.1. The van der Waals surface area contributed by atoms with Crippen LogP contribution in [0.2, 0.25) is 0 Å². The standard InChI is InChI=1S/C23H41N9O5/c1-12(2)8-15(24)19(33)31-17(9-14-10-27-11-29-14)20(34)32-18(13(3)4)21(35)30-16(22(36)37)6-5-7-28-23(25)26/h10-13,15-18H,5-9,24H2,1-4H3,(H,27,29)(H,30,35)(H,31,33)(H,32,34)(H,36,37)(H4,25,26,28). The molecule has 14 nitrogen and oxygen atoms in total. The lowest BCUT2D eigenvalue weighted by atomic mass is 10.0. The van der Waals surface area contributed by atoms with Gasteiger partial charge in [0.15, 0.2) is 5.96 Å². The minimum Gasteiger partial charge on any atom is -0.480 e. The molecular weight excluding hydrogens is 482 g/mol. The van der Waals surface area contributed by atoms with Gasteiger partial charge in [-0.3, -0.25) is 19.4 Å². The molecule has 4 unspecified atom stereocenters. The van der Waals surface area contributed by atoms with E-state index in [-0.39, 0.29) is 37.2 Å². The van der Waals surface area contributed by atoms with E-state index in [0.717, 1.165) is 0 Å². The quantitative estimate of drug-likeness (QED) is 0.0718. The highest BCUT2D eigenvalue weighted by molar-refractivity contribution is 5.94. The fraction of sp³-hybridized carbons (Fsp3) is 0.652. The summed E-state index contributed by atoms with van der Waals surface area (Å²) in [5.41, 5.74) is 17.1. The van der Waals surface area contributed by atoms with E-state index in [4.69, 9.17) is 17.2 Å². The molecule has 0 fully saturated rings. The molecule has 3 amide bonds. The van der Waals surface area contributed by atoms with Gasteiger partial charge in [0.1, 0.15) is 18.1 Å². The van der Waals surface area contributed by atoms with E-state index in [0.29, 0.717) is 18.5 Å². The maximum absolute atomic E-state index is 13.2. The highest BCUT2D eigenvalue weighted by Gasteiger charge is 2.32. The van der Waals surface area contributed by atoms with Gasteiger partial charge in [-0.25, -0.2) is 9.78 Å². The molecule has 0 aliphatic rings. The summed E-state index contributed by atoms with van der Waals surface area (Å²) in [5, 5.41) is 17.3. The highest BCUT2D eigenvalue weighted by atomic mass is 16.4. The van der Waals surface area contributed by atoms with Gasteiger partial charge in [0.25, 0.3) is 0 Å². The van der Waals surface area contributed by atoms with Gasteiger partial charge in [-0.05, 0) is 31.1 Å². The molecule has 0 aliphatic heterocycles. The van der Waals surface area contributed by atoms with Crippen LogP contribution in [0.5, 0.6) is 0 Å². The second-order valence-corrected chi connectivity index (χ2v) is 9.66. The summed E-state index contributed by atoms with van der Waals surface area (Å²) in [7, 11) is 0. The number of hydrogen-bond donors (Lipinski definition) is 8. The molecule has 0 bridgehead atoms. The molecule has 37 heavy (non-hydrogen) atoms. The lowest BCUT2D eigenvalue weighted by Gasteiger charge is -2.27. The SMILES string of the molecule is CC(C)CC(N)C(=O)NC(Cc1cnc[nH]1)C(=O)NC(C(=O)NC(CCCN=C(N)N)C(=O)O)C(C)C. The number of nitrogens with zero attached hydrogens (tertiary/aromatic N) is 2. The van der Waals surface area contributed by atoms with Crippen LogP contribution in [0.3, 0.4) is 0 Å². The lowest BCUT2D eigenvalue weighted by molar-refractivity contribution is -0.142. The number of aliphatic imine (C=N–C) groups is 1. The van der Waals surface area contributed by atoms with Crippen molar-refractivity contribution in [3.63, 3.8) is 0 Å². The number of carbonyl (C=O) groups is 4. The van der Waals surface area contributed by atoms with E-state index in [1.54, 1.807) is 13.8 Å². The molecular formula is C23H41N9O5. The molecule has 1 heterocycles. The van der Waals surface area contributed by atoms with Crippen molar-refractivity contribution in [2.45, 2.75) is 77.5 Å². The fourth-order valence-corrected chi connectivity index (χ4v) is 3.53. The summed E-state index contributed by atoms with van der Waals surface area (Å²) >= 11 is 0. The molecule has 0 aromatic carbocycles. The molecule has 1 aromatic rings. The summed E-state index contributed by atoms with van der Waals surface area (Å²) < 4.78 is 0. The smallest absolute Gasteiger partial charge is 0.326 e. The van der Waals surface area contributed by atoms with Crippen molar-refractivity contribution < 1.29 is 24.3 Å². The number of nitrogens with two attached hydrogens (primary N) is 3. The Balaban J connectivity index is 2.96. The minimum absolute atomic E-state index is 0.0843. The van der Waals surface area contributed by atoms with Crippen LogP contribution in [-0.2, 0) is 25.6 Å². The van der Waals surface area contributed by atoms with Crippen LogP contribution in [0.25, 0.3) is 0 Å². The minimum atomic E-state index is -1.23. The third-order valence-corrected chi connectivity index (χ3v) is 5.48. The molecule has 0 aliphatic carbocycles. The first-order valence-corrected chi connectivity index (χ1v) is 12.2. The van der Waals surface area contributed by atoms with Crippen LogP contribution in [-0.4, -0.2) is 75.4 Å². The Bertz CT molecular complexity index is 914. The van der Waals surface area contributed by atoms with E-state index < -0.39 is 47.9 Å². The Morgan fingerprint density at radius 1 is 1.03 bits per heavy atom. The number of imidazole rings is 1. The zero-order chi connectivity index (χ0) is 28.1. The number of rotatable bonds is 16. The zero-order valence-electron chi connectivity index (χ0n) is 21.9. The van der Waals surface area contributed by atoms with Crippen LogP contribution in [0.1, 0.15) is 52.7 Å². The van der Waals surface area contributed by atoms with E-state index in [1.807, 2.05) is 13.8 Å². The molecule has 208 valence electrons. The Labute approximate surface area is 216 Å². The summed E-state index contributed by atoms with van der Waals surface area (Å²) in [5.74, 6) is -3.32. The van der Waals surface area contributed by atoms with E-state index in [9.17, 15) is 24.3 Å². The van der Waals surface area contributed by atoms with E-state index in [2.05, 4.69) is 30.9 Å². The van der Waals surface area contributed by atoms with Gasteiger partial charge in [-0.1, -0.05) is 27.7 Å². The van der Waals surface area contributed by atoms with Gasteiger partial charge in [-0.15, -0.1) is 0 Å². The topological polar surface area (TPSA) is 244 Å². The third kappa shape index (κ3) is 11.7. The van der Waals surface area contributed by atoms with Gasteiger partial charge >= 0.3 is 5.97 Å². The van der Waals surface area contributed by atoms with Gasteiger partial charge in [0, 0.05) is 24.9 Å². The monoisotopic (exact) mass is 523 g/mol. The predicted octanol–water partition coefficient (Wildman–Crippen LogP) is -1.43. The van der Waals surface area contributed by atoms with Gasteiger partial charge in [0.2, 0.25) is 17.7 Å². The number of carboxylic acid groups (broad SMARTS) is 1. The van der Waals surface area contributed by atoms with Crippen molar-refractivity contribution in [1.82, 2.24) is 25.9 Å². The van der Waals surface area contributed by atoms with Crippen LogP contribution in [0.4, 0.5) is 0 Å². The van der Waals surface area contributed by atoms with Crippen molar-refractivity contribution in [2.75, 3.05) is 6.54 Å². The van der Waals surface area contributed by atoms with E-state index >= 15 is 0 Å². The number of guanidine groups is 1. The van der Waals surface area contributed by atoms with Crippen molar-refractivity contribution in [1.29, 1.82) is 0 Å². The van der Waals surface area contributed by atoms with Crippen LogP contribution >= 0.6 is 0 Å². The zero-order valence-corrected chi connectivity index (χ0v) is 21.9. The van der Waals surface area contributed by atoms with E-state index in [1.165, 1.54) is 12.5 Å². The Morgan fingerprint density at radius 3 is 2.19 bits per heavy atom. The molecule has 0 saturated carbocycles. The summed E-state index contributed by atoms with van der Waals surface area (Å²) in [4.78, 5) is 61.1. The number of aromatic nitrogens is 2. The Hall–Kier alpha value is -3.68. The van der Waals surface area contributed by atoms with Crippen LogP contribution < -0.4 is 33.2 Å². The lowest BCUT2D eigenvalue weighted by Crippen LogP contribution is -2.59. The first-order chi connectivity index (χ1) is 17.3. The molecule has 1 rings (SSSR count). The summed E-state index contributed by atoms with van der Waals surface area (Å²) in [6.07, 6.45) is 3.89. The number of carbonyl (C=O) groups excluding carboxylic acids is 3. The van der Waals surface area contributed by atoms with Gasteiger partial charge < -0.3 is 43.2 Å². The molecule has 1 aromatic heterocycles. The first kappa shape index (κ1) is 31.4. The molecule has 0 spiro atoms. The molecule has 14 heteroatoms. The fourth-order valence-electron chi connectivity index (χ4n) is 3.53. The van der Waals surface area contributed by atoms with Crippen molar-refractivity contribution >= 4 is 29.7 Å². The van der Waals surface area contributed by atoms with Crippen molar-refractivity contribution in [2.24, 2.45) is 34.0 Å². The number of aliphatic carboxylic acids is 1. The van der Waals surface area contributed by atoms with Gasteiger partial charge in [0.05, 0.1) is 12.4 Å².